The van der Waals surface area contributed by atoms with Crippen molar-refractivity contribution in [2.75, 3.05) is 13.1 Å². The van der Waals surface area contributed by atoms with Gasteiger partial charge in [-0.15, -0.1) is 5.10 Å². The monoisotopic (exact) mass is 256 g/mol. The van der Waals surface area contributed by atoms with Crippen LogP contribution in [0.5, 0.6) is 0 Å². The van der Waals surface area contributed by atoms with Gasteiger partial charge < -0.3 is 4.90 Å². The molecule has 1 saturated heterocycles. The van der Waals surface area contributed by atoms with Gasteiger partial charge in [0.15, 0.2) is 0 Å². The summed E-state index contributed by atoms with van der Waals surface area (Å²) in [5.41, 5.74) is 1.82. The maximum Gasteiger partial charge on any atom is 0.254 e. The van der Waals surface area contributed by atoms with Gasteiger partial charge in [-0.2, -0.15) is 0 Å². The van der Waals surface area contributed by atoms with E-state index in [9.17, 15) is 4.79 Å². The van der Waals surface area contributed by atoms with Crippen LogP contribution in [0.1, 0.15) is 28.4 Å². The Kier molecular flexibility index (Phi) is 3.03. The van der Waals surface area contributed by atoms with Crippen LogP contribution >= 0.6 is 0 Å². The second-order valence-electron chi connectivity index (χ2n) is 4.89. The molecule has 2 heterocycles. The number of nitrogens with zero attached hydrogens (tertiary/aromatic N) is 4. The molecule has 1 aliphatic heterocycles. The maximum absolute atomic E-state index is 12.5. The highest BCUT2D eigenvalue weighted by Crippen LogP contribution is 2.22. The molecule has 2 aromatic rings. The van der Waals surface area contributed by atoms with Gasteiger partial charge in [0.1, 0.15) is 0 Å². The molecule has 1 atom stereocenters. The Morgan fingerprint density at radius 3 is 2.95 bits per heavy atom. The highest BCUT2D eigenvalue weighted by molar-refractivity contribution is 5.95. The van der Waals surface area contributed by atoms with Crippen molar-refractivity contribution in [1.29, 1.82) is 0 Å². The molecule has 98 valence electrons. The van der Waals surface area contributed by atoms with Crippen molar-refractivity contribution in [3.05, 3.63) is 47.8 Å². The van der Waals surface area contributed by atoms with Gasteiger partial charge in [-0.25, -0.2) is 4.68 Å². The zero-order valence-electron chi connectivity index (χ0n) is 10.9. The number of likely N-dealkylation sites (tertiary alicyclic amines) is 1. The van der Waals surface area contributed by atoms with E-state index in [0.29, 0.717) is 6.54 Å². The predicted octanol–water partition coefficient (Wildman–Crippen LogP) is 1.67. The molecule has 0 radical (unpaired) electrons. The average Bonchev–Trinajstić information content (AvgIpc) is 3.09. The highest BCUT2D eigenvalue weighted by Gasteiger charge is 2.28. The minimum Gasteiger partial charge on any atom is -0.336 e. The van der Waals surface area contributed by atoms with E-state index in [4.69, 9.17) is 0 Å². The summed E-state index contributed by atoms with van der Waals surface area (Å²) in [5.74, 6) is 0.112. The van der Waals surface area contributed by atoms with E-state index >= 15 is 0 Å². The van der Waals surface area contributed by atoms with Crippen LogP contribution in [0, 0.1) is 6.92 Å². The van der Waals surface area contributed by atoms with Crippen molar-refractivity contribution >= 4 is 5.91 Å². The first-order valence-electron chi connectivity index (χ1n) is 6.46. The number of aryl methyl sites for hydroxylation is 1. The predicted molar refractivity (Wildman–Crippen MR) is 70.8 cm³/mol. The van der Waals surface area contributed by atoms with E-state index in [1.54, 1.807) is 6.20 Å². The maximum atomic E-state index is 12.5. The molecule has 0 spiro atoms. The number of hydrogen-bond donors (Lipinski definition) is 0. The summed E-state index contributed by atoms with van der Waals surface area (Å²) in [4.78, 5) is 14.4. The number of benzene rings is 1. The fourth-order valence-corrected chi connectivity index (χ4v) is 2.54. The topological polar surface area (TPSA) is 51.0 Å². The van der Waals surface area contributed by atoms with Gasteiger partial charge in [0, 0.05) is 24.8 Å². The molecule has 1 aromatic carbocycles. The van der Waals surface area contributed by atoms with E-state index in [1.807, 2.05) is 47.0 Å². The molecule has 0 N–H and O–H groups in total. The number of hydrogen-bond acceptors (Lipinski definition) is 3. The number of rotatable bonds is 2. The van der Waals surface area contributed by atoms with Crippen LogP contribution in [-0.4, -0.2) is 38.9 Å². The summed E-state index contributed by atoms with van der Waals surface area (Å²) >= 11 is 0. The van der Waals surface area contributed by atoms with Gasteiger partial charge >= 0.3 is 0 Å². The zero-order valence-corrected chi connectivity index (χ0v) is 10.9. The fourth-order valence-electron chi connectivity index (χ4n) is 2.54. The van der Waals surface area contributed by atoms with Gasteiger partial charge in [0.05, 0.1) is 12.2 Å². The molecule has 19 heavy (non-hydrogen) atoms. The summed E-state index contributed by atoms with van der Waals surface area (Å²) in [6.45, 7) is 3.45. The molecule has 3 rings (SSSR count). The van der Waals surface area contributed by atoms with Crippen molar-refractivity contribution in [1.82, 2.24) is 19.9 Å². The first kappa shape index (κ1) is 11.9. The van der Waals surface area contributed by atoms with Crippen LogP contribution in [0.15, 0.2) is 36.7 Å². The Balaban J connectivity index is 1.75. The first-order chi connectivity index (χ1) is 9.25. The Hall–Kier alpha value is -2.17. The molecule has 5 nitrogen and oxygen atoms in total. The SMILES string of the molecule is Cc1ccccc1C(=O)N1CCC(n2ccnn2)C1. The lowest BCUT2D eigenvalue weighted by atomic mass is 10.1. The molecule has 0 saturated carbocycles. The molecule has 1 unspecified atom stereocenters. The summed E-state index contributed by atoms with van der Waals surface area (Å²) in [5, 5.41) is 7.83. The lowest BCUT2D eigenvalue weighted by Gasteiger charge is -2.17. The Morgan fingerprint density at radius 2 is 2.21 bits per heavy atom. The standard InChI is InChI=1S/C14H16N4O/c1-11-4-2-3-5-13(11)14(19)17-8-6-12(10-17)18-9-7-15-16-18/h2-5,7,9,12H,6,8,10H2,1H3. The molecule has 1 amide bonds. The molecule has 1 aliphatic rings. The van der Waals surface area contributed by atoms with Crippen molar-refractivity contribution in [2.24, 2.45) is 0 Å². The van der Waals surface area contributed by atoms with Gasteiger partial charge in [-0.3, -0.25) is 4.79 Å². The number of carbonyl (C=O) groups excluding carboxylic acids is 1. The van der Waals surface area contributed by atoms with Gasteiger partial charge in [-0.05, 0) is 25.0 Å². The molecule has 1 fully saturated rings. The summed E-state index contributed by atoms with van der Waals surface area (Å²) in [7, 11) is 0. The fraction of sp³-hybridized carbons (Fsp3) is 0.357. The third-order valence-electron chi connectivity index (χ3n) is 3.64. The minimum absolute atomic E-state index is 0.112. The third-order valence-corrected chi connectivity index (χ3v) is 3.64. The molecule has 1 aromatic heterocycles. The van der Waals surface area contributed by atoms with E-state index in [-0.39, 0.29) is 11.9 Å². The lowest BCUT2D eigenvalue weighted by Crippen LogP contribution is -2.29. The van der Waals surface area contributed by atoms with Crippen LogP contribution < -0.4 is 0 Å². The number of carbonyl (C=O) groups is 1. The third kappa shape index (κ3) is 2.23. The van der Waals surface area contributed by atoms with Crippen molar-refractivity contribution in [2.45, 2.75) is 19.4 Å². The molecule has 5 heteroatoms. The molecule has 0 aliphatic carbocycles. The highest BCUT2D eigenvalue weighted by atomic mass is 16.2. The summed E-state index contributed by atoms with van der Waals surface area (Å²) in [6.07, 6.45) is 4.46. The van der Waals surface area contributed by atoms with Crippen LogP contribution in [0.25, 0.3) is 0 Å². The molecular formula is C14H16N4O. The largest absolute Gasteiger partial charge is 0.336 e. The minimum atomic E-state index is 0.112. The van der Waals surface area contributed by atoms with Crippen molar-refractivity contribution in [3.63, 3.8) is 0 Å². The van der Waals surface area contributed by atoms with Gasteiger partial charge in [0.2, 0.25) is 0 Å². The van der Waals surface area contributed by atoms with E-state index in [2.05, 4.69) is 10.3 Å². The van der Waals surface area contributed by atoms with Gasteiger partial charge in [-0.1, -0.05) is 23.4 Å². The number of amides is 1. The summed E-state index contributed by atoms with van der Waals surface area (Å²) < 4.78 is 1.84. The Labute approximate surface area is 111 Å². The second-order valence-corrected chi connectivity index (χ2v) is 4.89. The van der Waals surface area contributed by atoms with E-state index in [1.165, 1.54) is 0 Å². The van der Waals surface area contributed by atoms with Crippen molar-refractivity contribution < 1.29 is 4.79 Å². The van der Waals surface area contributed by atoms with Crippen LogP contribution in [0.4, 0.5) is 0 Å². The quantitative estimate of drug-likeness (QED) is 0.821. The van der Waals surface area contributed by atoms with E-state index in [0.717, 1.165) is 24.1 Å². The molecule has 0 bridgehead atoms. The summed E-state index contributed by atoms with van der Waals surface area (Å²) in [6, 6.07) is 7.97. The first-order valence-corrected chi connectivity index (χ1v) is 6.46. The smallest absolute Gasteiger partial charge is 0.254 e. The Morgan fingerprint density at radius 1 is 1.37 bits per heavy atom. The van der Waals surface area contributed by atoms with Crippen molar-refractivity contribution in [3.8, 4) is 0 Å². The Bertz CT molecular complexity index is 579. The van der Waals surface area contributed by atoms with Gasteiger partial charge in [0.25, 0.3) is 5.91 Å². The average molecular weight is 256 g/mol. The lowest BCUT2D eigenvalue weighted by molar-refractivity contribution is 0.0786. The normalized spacial score (nSPS) is 18.8. The zero-order chi connectivity index (χ0) is 13.2. The second kappa shape index (κ2) is 4.84. The van der Waals surface area contributed by atoms with Crippen LogP contribution in [-0.2, 0) is 0 Å². The van der Waals surface area contributed by atoms with E-state index < -0.39 is 0 Å². The number of aromatic nitrogens is 3. The molecular weight excluding hydrogens is 240 g/mol. The van der Waals surface area contributed by atoms with Crippen LogP contribution in [0.3, 0.4) is 0 Å². The van der Waals surface area contributed by atoms with Crippen LogP contribution in [0.2, 0.25) is 0 Å².